The third kappa shape index (κ3) is 4.78. The summed E-state index contributed by atoms with van der Waals surface area (Å²) in [7, 11) is 0. The summed E-state index contributed by atoms with van der Waals surface area (Å²) in [5.41, 5.74) is 3.47. The lowest BCUT2D eigenvalue weighted by Gasteiger charge is -2.15. The molecule has 0 saturated heterocycles. The molecule has 0 aliphatic rings. The Kier molecular flexibility index (Phi) is 6.68. The molecule has 0 saturated carbocycles. The van der Waals surface area contributed by atoms with E-state index in [0.717, 1.165) is 16.8 Å². The van der Waals surface area contributed by atoms with Crippen molar-refractivity contribution in [1.82, 2.24) is 0 Å². The number of nitriles is 1. The van der Waals surface area contributed by atoms with Gasteiger partial charge in [-0.05, 0) is 42.2 Å². The van der Waals surface area contributed by atoms with Crippen LogP contribution in [0.25, 0.3) is 0 Å². The maximum atomic E-state index is 12.3. The van der Waals surface area contributed by atoms with Crippen molar-refractivity contribution in [1.29, 1.82) is 5.26 Å². The van der Waals surface area contributed by atoms with Crippen molar-refractivity contribution in [2.24, 2.45) is 0 Å². The molecule has 134 valence electrons. The monoisotopic (exact) mass is 387 g/mol. The number of anilines is 2. The van der Waals surface area contributed by atoms with Gasteiger partial charge in [-0.1, -0.05) is 55.2 Å². The van der Waals surface area contributed by atoms with Gasteiger partial charge < -0.3 is 10.6 Å². The second kappa shape index (κ2) is 8.75. The fraction of sp³-hybridized carbons (Fsp3) is 0.200. The molecule has 0 aromatic heterocycles. The molecule has 26 heavy (non-hydrogen) atoms. The van der Waals surface area contributed by atoms with Crippen molar-refractivity contribution < 1.29 is 4.79 Å². The van der Waals surface area contributed by atoms with Gasteiger partial charge in [-0.2, -0.15) is 5.26 Å². The summed E-state index contributed by atoms with van der Waals surface area (Å²) in [6.07, 6.45) is 1.42. The first-order valence-corrected chi connectivity index (χ1v) is 8.81. The first kappa shape index (κ1) is 19.8. The molecular formula is C20H19Cl2N3O. The van der Waals surface area contributed by atoms with Crippen LogP contribution in [0.2, 0.25) is 10.0 Å². The minimum atomic E-state index is -0.530. The lowest BCUT2D eigenvalue weighted by Crippen LogP contribution is -2.15. The van der Waals surface area contributed by atoms with Gasteiger partial charge in [0.05, 0.1) is 10.0 Å². The van der Waals surface area contributed by atoms with Crippen LogP contribution in [0.1, 0.15) is 30.9 Å². The highest BCUT2D eigenvalue weighted by Gasteiger charge is 2.12. The van der Waals surface area contributed by atoms with Crippen molar-refractivity contribution in [2.75, 3.05) is 10.6 Å². The minimum Gasteiger partial charge on any atom is -0.360 e. The normalized spacial score (nSPS) is 11.2. The van der Waals surface area contributed by atoms with Gasteiger partial charge in [0.2, 0.25) is 0 Å². The number of carbonyl (C=O) groups excluding carboxylic acids is 1. The number of rotatable bonds is 5. The van der Waals surface area contributed by atoms with Crippen LogP contribution < -0.4 is 10.6 Å². The molecule has 4 nitrogen and oxygen atoms in total. The first-order valence-electron chi connectivity index (χ1n) is 8.06. The number of nitrogens with zero attached hydrogens (tertiary/aromatic N) is 1. The van der Waals surface area contributed by atoms with Crippen LogP contribution in [0.15, 0.2) is 48.2 Å². The Hall–Kier alpha value is -2.48. The van der Waals surface area contributed by atoms with Gasteiger partial charge in [0, 0.05) is 17.6 Å². The van der Waals surface area contributed by atoms with E-state index in [9.17, 15) is 10.1 Å². The Morgan fingerprint density at radius 2 is 1.92 bits per heavy atom. The minimum absolute atomic E-state index is 0.0472. The standard InChI is InChI=1S/C20H19Cl2N3O/c1-12(2)16-6-4-5-13(3)19(16)24-11-14(10-23)20(26)25-15-7-8-17(21)18(22)9-15/h4-9,11-12,24H,1-3H3,(H,25,26)/b14-11-. The van der Waals surface area contributed by atoms with Gasteiger partial charge in [0.1, 0.15) is 11.6 Å². The Balaban J connectivity index is 2.22. The molecule has 0 unspecified atom stereocenters. The quantitative estimate of drug-likeness (QED) is 0.496. The molecule has 2 N–H and O–H groups in total. The van der Waals surface area contributed by atoms with Gasteiger partial charge in [-0.25, -0.2) is 0 Å². The fourth-order valence-electron chi connectivity index (χ4n) is 2.43. The number of aryl methyl sites for hydroxylation is 1. The van der Waals surface area contributed by atoms with E-state index in [1.165, 1.54) is 12.3 Å². The summed E-state index contributed by atoms with van der Waals surface area (Å²) in [5.74, 6) is -0.223. The number of nitrogens with one attached hydrogen (secondary N) is 2. The number of carbonyl (C=O) groups is 1. The second-order valence-corrected chi connectivity index (χ2v) is 6.91. The van der Waals surface area contributed by atoms with Crippen molar-refractivity contribution in [2.45, 2.75) is 26.7 Å². The fourth-order valence-corrected chi connectivity index (χ4v) is 2.73. The topological polar surface area (TPSA) is 64.9 Å². The number of amides is 1. The Labute approximate surface area is 163 Å². The summed E-state index contributed by atoms with van der Waals surface area (Å²) in [5, 5.41) is 15.8. The molecule has 0 aliphatic carbocycles. The average Bonchev–Trinajstić information content (AvgIpc) is 2.59. The van der Waals surface area contributed by atoms with E-state index in [1.54, 1.807) is 12.1 Å². The number of hydrogen-bond donors (Lipinski definition) is 2. The summed E-state index contributed by atoms with van der Waals surface area (Å²) in [4.78, 5) is 12.3. The SMILES string of the molecule is Cc1cccc(C(C)C)c1N/C=C(/C#N)C(=O)Nc1ccc(Cl)c(Cl)c1. The van der Waals surface area contributed by atoms with Crippen molar-refractivity contribution in [3.8, 4) is 6.07 Å². The molecule has 6 heteroatoms. The molecule has 0 aliphatic heterocycles. The molecular weight excluding hydrogens is 369 g/mol. The highest BCUT2D eigenvalue weighted by atomic mass is 35.5. The maximum absolute atomic E-state index is 12.3. The lowest BCUT2D eigenvalue weighted by molar-refractivity contribution is -0.112. The van der Waals surface area contributed by atoms with Crippen molar-refractivity contribution >= 4 is 40.5 Å². The third-order valence-electron chi connectivity index (χ3n) is 3.83. The van der Waals surface area contributed by atoms with Crippen LogP contribution in [0.4, 0.5) is 11.4 Å². The molecule has 2 rings (SSSR count). The molecule has 2 aromatic carbocycles. The lowest BCUT2D eigenvalue weighted by atomic mass is 9.98. The number of halogens is 2. The number of benzene rings is 2. The van der Waals surface area contributed by atoms with Gasteiger partial charge in [-0.3, -0.25) is 4.79 Å². The number of para-hydroxylation sites is 1. The summed E-state index contributed by atoms with van der Waals surface area (Å²) in [6.45, 7) is 6.15. The van der Waals surface area contributed by atoms with E-state index in [4.69, 9.17) is 23.2 Å². The highest BCUT2D eigenvalue weighted by Crippen LogP contribution is 2.28. The van der Waals surface area contributed by atoms with E-state index in [2.05, 4.69) is 24.5 Å². The van der Waals surface area contributed by atoms with Crippen LogP contribution in [0.5, 0.6) is 0 Å². The Morgan fingerprint density at radius 3 is 2.54 bits per heavy atom. The van der Waals surface area contributed by atoms with E-state index >= 15 is 0 Å². The van der Waals surface area contributed by atoms with Crippen molar-refractivity contribution in [3.63, 3.8) is 0 Å². The second-order valence-electron chi connectivity index (χ2n) is 6.09. The highest BCUT2D eigenvalue weighted by molar-refractivity contribution is 6.42. The van der Waals surface area contributed by atoms with Crippen LogP contribution in [0.3, 0.4) is 0 Å². The van der Waals surface area contributed by atoms with Gasteiger partial charge in [0.15, 0.2) is 0 Å². The summed E-state index contributed by atoms with van der Waals surface area (Å²) in [6, 6.07) is 12.6. The molecule has 0 fully saturated rings. The molecule has 0 atom stereocenters. The average molecular weight is 388 g/mol. The zero-order valence-corrected chi connectivity index (χ0v) is 16.2. The molecule has 0 heterocycles. The number of hydrogen-bond acceptors (Lipinski definition) is 3. The van der Waals surface area contributed by atoms with E-state index in [-0.39, 0.29) is 5.57 Å². The van der Waals surface area contributed by atoms with Gasteiger partial charge in [-0.15, -0.1) is 0 Å². The van der Waals surface area contributed by atoms with Crippen LogP contribution >= 0.6 is 23.2 Å². The van der Waals surface area contributed by atoms with Crippen LogP contribution in [0, 0.1) is 18.3 Å². The van der Waals surface area contributed by atoms with Gasteiger partial charge in [0.25, 0.3) is 5.91 Å². The third-order valence-corrected chi connectivity index (χ3v) is 4.57. The van der Waals surface area contributed by atoms with Crippen LogP contribution in [-0.2, 0) is 4.79 Å². The molecule has 0 spiro atoms. The first-order chi connectivity index (χ1) is 12.3. The van der Waals surface area contributed by atoms with E-state index < -0.39 is 5.91 Å². The van der Waals surface area contributed by atoms with Crippen molar-refractivity contribution in [3.05, 3.63) is 69.3 Å². The van der Waals surface area contributed by atoms with Crippen LogP contribution in [-0.4, -0.2) is 5.91 Å². The summed E-state index contributed by atoms with van der Waals surface area (Å²) < 4.78 is 0. The molecule has 2 aromatic rings. The van der Waals surface area contributed by atoms with E-state index in [0.29, 0.717) is 21.7 Å². The zero-order valence-electron chi connectivity index (χ0n) is 14.7. The van der Waals surface area contributed by atoms with Gasteiger partial charge >= 0.3 is 0 Å². The maximum Gasteiger partial charge on any atom is 0.267 e. The molecule has 0 radical (unpaired) electrons. The Morgan fingerprint density at radius 1 is 1.19 bits per heavy atom. The molecule has 0 bridgehead atoms. The van der Waals surface area contributed by atoms with E-state index in [1.807, 2.05) is 31.2 Å². The zero-order chi connectivity index (χ0) is 19.3. The predicted octanol–water partition coefficient (Wildman–Crippen LogP) is 5.88. The largest absolute Gasteiger partial charge is 0.360 e. The Bertz CT molecular complexity index is 898. The smallest absolute Gasteiger partial charge is 0.267 e. The molecule has 1 amide bonds. The predicted molar refractivity (Wildman–Crippen MR) is 108 cm³/mol. The summed E-state index contributed by atoms with van der Waals surface area (Å²) >= 11 is 11.8.